The maximum absolute atomic E-state index is 12.3. The zero-order chi connectivity index (χ0) is 25.2. The summed E-state index contributed by atoms with van der Waals surface area (Å²) in [6.45, 7) is 3.55. The van der Waals surface area contributed by atoms with Crippen LogP contribution in [0, 0.1) is 13.8 Å². The number of anilines is 1. The second kappa shape index (κ2) is 12.4. The maximum Gasteiger partial charge on any atom is 0.277 e. The Bertz CT molecular complexity index is 1210. The van der Waals surface area contributed by atoms with Crippen LogP contribution in [0.15, 0.2) is 65.8 Å². The molecule has 0 bridgehead atoms. The van der Waals surface area contributed by atoms with E-state index < -0.39 is 5.91 Å². The molecule has 0 saturated carbocycles. The predicted octanol–water partition coefficient (Wildman–Crippen LogP) is 4.51. The van der Waals surface area contributed by atoms with E-state index in [0.717, 1.165) is 16.8 Å². The molecule has 3 aromatic carbocycles. The van der Waals surface area contributed by atoms with Gasteiger partial charge in [-0.05, 0) is 73.5 Å². The number of rotatable bonds is 10. The molecule has 0 spiro atoms. The number of ether oxygens (including phenoxy) is 3. The number of hydrogen-bond acceptors (Lipinski definition) is 6. The fraction of sp³-hybridized carbons (Fsp3) is 0.192. The highest BCUT2D eigenvalue weighted by Crippen LogP contribution is 2.27. The number of hydrazone groups is 1. The molecule has 2 N–H and O–H groups in total. The van der Waals surface area contributed by atoms with E-state index in [2.05, 4.69) is 15.8 Å². The summed E-state index contributed by atoms with van der Waals surface area (Å²) in [6.07, 6.45) is 1.46. The molecule has 182 valence electrons. The molecule has 0 saturated heterocycles. The molecule has 0 radical (unpaired) electrons. The lowest BCUT2D eigenvalue weighted by Gasteiger charge is -2.12. The van der Waals surface area contributed by atoms with Crippen LogP contribution in [0.2, 0.25) is 5.02 Å². The van der Waals surface area contributed by atoms with E-state index in [1.54, 1.807) is 42.5 Å². The summed E-state index contributed by atoms with van der Waals surface area (Å²) in [5, 5.41) is 7.34. The molecule has 0 aliphatic carbocycles. The lowest BCUT2D eigenvalue weighted by Crippen LogP contribution is -2.24. The Labute approximate surface area is 208 Å². The minimum Gasteiger partial charge on any atom is -0.493 e. The van der Waals surface area contributed by atoms with E-state index in [-0.39, 0.29) is 19.1 Å². The highest BCUT2D eigenvalue weighted by molar-refractivity contribution is 6.30. The standard InChI is InChI=1S/C26H26ClN3O5/c1-17-4-10-22(18(2)12-17)29-25(31)15-35-23-11-5-19(13-24(23)33-3)14-28-30-26(32)16-34-21-8-6-20(27)7-9-21/h4-14H,15-16H2,1-3H3,(H,29,31)(H,30,32)/b28-14+. The molecule has 0 aliphatic heterocycles. The maximum atomic E-state index is 12.3. The summed E-state index contributed by atoms with van der Waals surface area (Å²) in [4.78, 5) is 24.2. The van der Waals surface area contributed by atoms with Crippen LogP contribution in [0.3, 0.4) is 0 Å². The van der Waals surface area contributed by atoms with Crippen molar-refractivity contribution < 1.29 is 23.8 Å². The van der Waals surface area contributed by atoms with Crippen LogP contribution in [0.4, 0.5) is 5.69 Å². The summed E-state index contributed by atoms with van der Waals surface area (Å²) in [5.41, 5.74) is 5.89. The Morgan fingerprint density at radius 3 is 2.37 bits per heavy atom. The van der Waals surface area contributed by atoms with Gasteiger partial charge in [0.15, 0.2) is 24.7 Å². The van der Waals surface area contributed by atoms with Gasteiger partial charge in [0.05, 0.1) is 13.3 Å². The van der Waals surface area contributed by atoms with Gasteiger partial charge in [0.25, 0.3) is 11.8 Å². The van der Waals surface area contributed by atoms with Crippen molar-refractivity contribution in [2.45, 2.75) is 13.8 Å². The van der Waals surface area contributed by atoms with Gasteiger partial charge in [0.1, 0.15) is 5.75 Å². The Hall–Kier alpha value is -4.04. The minimum absolute atomic E-state index is 0.180. The van der Waals surface area contributed by atoms with Crippen LogP contribution in [0.5, 0.6) is 17.2 Å². The number of amides is 2. The molecule has 35 heavy (non-hydrogen) atoms. The minimum atomic E-state index is -0.419. The van der Waals surface area contributed by atoms with Crippen molar-refractivity contribution in [1.82, 2.24) is 5.43 Å². The molecule has 0 fully saturated rings. The quantitative estimate of drug-likeness (QED) is 0.318. The first kappa shape index (κ1) is 25.6. The third kappa shape index (κ3) is 8.04. The van der Waals surface area contributed by atoms with Gasteiger partial charge >= 0.3 is 0 Å². The van der Waals surface area contributed by atoms with E-state index in [4.69, 9.17) is 25.8 Å². The first-order valence-corrected chi connectivity index (χ1v) is 11.1. The van der Waals surface area contributed by atoms with Gasteiger partial charge in [-0.25, -0.2) is 5.43 Å². The molecule has 0 atom stereocenters. The zero-order valence-electron chi connectivity index (χ0n) is 19.6. The lowest BCUT2D eigenvalue weighted by atomic mass is 10.1. The summed E-state index contributed by atoms with van der Waals surface area (Å²) in [5.74, 6) is 0.647. The van der Waals surface area contributed by atoms with E-state index in [1.807, 2.05) is 32.0 Å². The zero-order valence-corrected chi connectivity index (χ0v) is 20.4. The number of methoxy groups -OCH3 is 1. The first-order valence-electron chi connectivity index (χ1n) is 10.7. The van der Waals surface area contributed by atoms with Gasteiger partial charge in [0, 0.05) is 10.7 Å². The molecule has 2 amide bonds. The van der Waals surface area contributed by atoms with Crippen molar-refractivity contribution in [3.05, 3.63) is 82.4 Å². The summed E-state index contributed by atoms with van der Waals surface area (Å²) >= 11 is 5.81. The van der Waals surface area contributed by atoms with Crippen LogP contribution in [-0.4, -0.2) is 38.4 Å². The fourth-order valence-electron chi connectivity index (χ4n) is 3.06. The first-order chi connectivity index (χ1) is 16.8. The predicted molar refractivity (Wildman–Crippen MR) is 136 cm³/mol. The second-order valence-electron chi connectivity index (χ2n) is 7.60. The molecule has 0 aromatic heterocycles. The second-order valence-corrected chi connectivity index (χ2v) is 8.04. The summed E-state index contributed by atoms with van der Waals surface area (Å²) < 4.78 is 16.3. The molecule has 9 heteroatoms. The van der Waals surface area contributed by atoms with Gasteiger partial charge in [-0.3, -0.25) is 9.59 Å². The summed E-state index contributed by atoms with van der Waals surface area (Å²) in [7, 11) is 1.49. The average molecular weight is 496 g/mol. The van der Waals surface area contributed by atoms with Crippen molar-refractivity contribution in [1.29, 1.82) is 0 Å². The van der Waals surface area contributed by atoms with Crippen molar-refractivity contribution >= 4 is 35.3 Å². The molecular weight excluding hydrogens is 470 g/mol. The van der Waals surface area contributed by atoms with Crippen molar-refractivity contribution in [2.24, 2.45) is 5.10 Å². The van der Waals surface area contributed by atoms with Gasteiger partial charge in [-0.1, -0.05) is 29.3 Å². The van der Waals surface area contributed by atoms with E-state index in [9.17, 15) is 9.59 Å². The number of halogens is 1. The van der Waals surface area contributed by atoms with Gasteiger partial charge in [-0.2, -0.15) is 5.10 Å². The van der Waals surface area contributed by atoms with Gasteiger partial charge in [0.2, 0.25) is 0 Å². The van der Waals surface area contributed by atoms with E-state index in [0.29, 0.717) is 27.8 Å². The Morgan fingerprint density at radius 1 is 0.914 bits per heavy atom. The number of benzene rings is 3. The third-order valence-electron chi connectivity index (χ3n) is 4.79. The molecular formula is C26H26ClN3O5. The third-order valence-corrected chi connectivity index (χ3v) is 5.04. The SMILES string of the molecule is COc1cc(/C=N/NC(=O)COc2ccc(Cl)cc2)ccc1OCC(=O)Nc1ccc(C)cc1C. The molecule has 3 rings (SSSR count). The Morgan fingerprint density at radius 2 is 1.66 bits per heavy atom. The van der Waals surface area contributed by atoms with Gasteiger partial charge < -0.3 is 19.5 Å². The fourth-order valence-corrected chi connectivity index (χ4v) is 3.18. The highest BCUT2D eigenvalue weighted by Gasteiger charge is 2.10. The molecule has 8 nitrogen and oxygen atoms in total. The highest BCUT2D eigenvalue weighted by atomic mass is 35.5. The number of carbonyl (C=O) groups excluding carboxylic acids is 2. The number of nitrogens with one attached hydrogen (secondary N) is 2. The van der Waals surface area contributed by atoms with Crippen molar-refractivity contribution in [2.75, 3.05) is 25.6 Å². The monoisotopic (exact) mass is 495 g/mol. The number of carbonyl (C=O) groups is 2. The normalized spacial score (nSPS) is 10.6. The number of nitrogens with zero attached hydrogens (tertiary/aromatic N) is 1. The largest absolute Gasteiger partial charge is 0.493 e. The number of hydrogen-bond donors (Lipinski definition) is 2. The number of aryl methyl sites for hydroxylation is 2. The van der Waals surface area contributed by atoms with Crippen molar-refractivity contribution in [3.63, 3.8) is 0 Å². The molecule has 0 aliphatic rings. The lowest BCUT2D eigenvalue weighted by molar-refractivity contribution is -0.123. The van der Waals surface area contributed by atoms with E-state index >= 15 is 0 Å². The summed E-state index contributed by atoms with van der Waals surface area (Å²) in [6, 6.07) is 17.5. The van der Waals surface area contributed by atoms with Crippen LogP contribution in [0.1, 0.15) is 16.7 Å². The Kier molecular flexibility index (Phi) is 9.09. The van der Waals surface area contributed by atoms with E-state index in [1.165, 1.54) is 13.3 Å². The van der Waals surface area contributed by atoms with Crippen molar-refractivity contribution in [3.8, 4) is 17.2 Å². The smallest absolute Gasteiger partial charge is 0.277 e. The Balaban J connectivity index is 1.49. The molecule has 3 aromatic rings. The topological polar surface area (TPSA) is 98.2 Å². The van der Waals surface area contributed by atoms with Crippen LogP contribution >= 0.6 is 11.6 Å². The van der Waals surface area contributed by atoms with Crippen LogP contribution in [0.25, 0.3) is 0 Å². The molecule has 0 unspecified atom stereocenters. The molecule has 0 heterocycles. The van der Waals surface area contributed by atoms with Gasteiger partial charge in [-0.15, -0.1) is 0 Å². The van der Waals surface area contributed by atoms with Crippen LogP contribution in [-0.2, 0) is 9.59 Å². The van der Waals surface area contributed by atoms with Crippen LogP contribution < -0.4 is 25.0 Å². The average Bonchev–Trinajstić information content (AvgIpc) is 2.84.